The minimum Gasteiger partial charge on any atom is -0.462 e. The van der Waals surface area contributed by atoms with Crippen LogP contribution in [0.4, 0.5) is 0 Å². The van der Waals surface area contributed by atoms with E-state index in [1.54, 1.807) is 0 Å². The number of esters is 3. The van der Waals surface area contributed by atoms with Crippen LogP contribution in [0.5, 0.6) is 0 Å². The van der Waals surface area contributed by atoms with Crippen molar-refractivity contribution < 1.29 is 38.8 Å². The highest BCUT2D eigenvalue weighted by molar-refractivity contribution is 5.81. The standard InChI is InChI=1S/C36H58O8/c1-9-33(3,4)32(41)43-22-14-15-35(7)21(16-22)17-26(37)29-24-12-11-23(36(24,8)27(38)18-25(29)35)20(2)10-13-28(39)44-30-31(40)42-19-34(30,5)6/h20-27,29-30,37-38H,9-19H2,1-8H3. The molecule has 12 atom stereocenters. The van der Waals surface area contributed by atoms with E-state index >= 15 is 0 Å². The molecule has 0 aromatic carbocycles. The third kappa shape index (κ3) is 5.62. The van der Waals surface area contributed by atoms with Gasteiger partial charge in [0.1, 0.15) is 12.7 Å². The molecular formula is C36H58O8. The van der Waals surface area contributed by atoms with E-state index in [2.05, 4.69) is 20.8 Å². The van der Waals surface area contributed by atoms with Gasteiger partial charge in [0.25, 0.3) is 0 Å². The molecule has 0 aromatic heterocycles. The van der Waals surface area contributed by atoms with Gasteiger partial charge in [-0.25, -0.2) is 4.79 Å². The fourth-order valence-corrected chi connectivity index (χ4v) is 10.3. The SMILES string of the molecule is CCC(C)(C)C(=O)OC1CCC2(C)C(C1)CC(O)C1C2CC(O)C2(C)C(C(C)CCC(=O)OC3C(=O)OCC3(C)C)CCC12. The summed E-state index contributed by atoms with van der Waals surface area (Å²) in [7, 11) is 0. The number of rotatable bonds is 8. The first-order chi connectivity index (χ1) is 20.5. The van der Waals surface area contributed by atoms with Crippen LogP contribution >= 0.6 is 0 Å². The fraction of sp³-hybridized carbons (Fsp3) is 0.917. The average molecular weight is 619 g/mol. The summed E-state index contributed by atoms with van der Waals surface area (Å²) in [6.07, 6.45) is 5.61. The lowest BCUT2D eigenvalue weighted by Gasteiger charge is -2.63. The Bertz CT molecular complexity index is 1120. The smallest absolute Gasteiger partial charge is 0.348 e. The molecule has 4 saturated carbocycles. The summed E-state index contributed by atoms with van der Waals surface area (Å²) in [6.45, 7) is 16.6. The van der Waals surface area contributed by atoms with Crippen LogP contribution in [-0.2, 0) is 28.6 Å². The van der Waals surface area contributed by atoms with E-state index in [4.69, 9.17) is 14.2 Å². The Morgan fingerprint density at radius 3 is 2.36 bits per heavy atom. The Morgan fingerprint density at radius 2 is 1.73 bits per heavy atom. The summed E-state index contributed by atoms with van der Waals surface area (Å²) in [5, 5.41) is 23.7. The molecule has 8 heteroatoms. The van der Waals surface area contributed by atoms with Gasteiger partial charge in [-0.15, -0.1) is 0 Å². The van der Waals surface area contributed by atoms with E-state index in [0.717, 1.165) is 44.9 Å². The van der Waals surface area contributed by atoms with Crippen molar-refractivity contribution in [3.05, 3.63) is 0 Å². The number of hydrogen-bond acceptors (Lipinski definition) is 8. The molecule has 0 amide bonds. The van der Waals surface area contributed by atoms with Crippen LogP contribution in [0.25, 0.3) is 0 Å². The van der Waals surface area contributed by atoms with Crippen molar-refractivity contribution in [2.45, 2.75) is 144 Å². The van der Waals surface area contributed by atoms with Crippen molar-refractivity contribution >= 4 is 17.9 Å². The molecule has 1 heterocycles. The van der Waals surface area contributed by atoms with Crippen molar-refractivity contribution in [1.82, 2.24) is 0 Å². The number of carbonyl (C=O) groups excluding carboxylic acids is 3. The van der Waals surface area contributed by atoms with Crippen molar-refractivity contribution in [3.8, 4) is 0 Å². The summed E-state index contributed by atoms with van der Waals surface area (Å²) in [4.78, 5) is 37.7. The zero-order valence-electron chi connectivity index (χ0n) is 28.4. The normalized spacial score (nSPS) is 43.7. The number of hydrogen-bond donors (Lipinski definition) is 2. The predicted octanol–water partition coefficient (Wildman–Crippen LogP) is 5.85. The third-order valence-electron chi connectivity index (χ3n) is 13.8. The molecule has 250 valence electrons. The van der Waals surface area contributed by atoms with E-state index in [1.165, 1.54) is 0 Å². The van der Waals surface area contributed by atoms with Gasteiger partial charge >= 0.3 is 17.9 Å². The quantitative estimate of drug-likeness (QED) is 0.257. The molecule has 8 nitrogen and oxygen atoms in total. The molecule has 12 unspecified atom stereocenters. The lowest BCUT2D eigenvalue weighted by Crippen LogP contribution is -2.62. The first-order valence-electron chi connectivity index (χ1n) is 17.4. The molecule has 0 spiro atoms. The van der Waals surface area contributed by atoms with E-state index in [-0.39, 0.29) is 77.4 Å². The number of aliphatic hydroxyl groups excluding tert-OH is 2. The molecule has 5 fully saturated rings. The highest BCUT2D eigenvalue weighted by atomic mass is 16.6. The van der Waals surface area contributed by atoms with Gasteiger partial charge in [0.15, 0.2) is 0 Å². The topological polar surface area (TPSA) is 119 Å². The van der Waals surface area contributed by atoms with E-state index < -0.39 is 35.1 Å². The monoisotopic (exact) mass is 618 g/mol. The molecule has 4 aliphatic carbocycles. The second kappa shape index (κ2) is 11.8. The van der Waals surface area contributed by atoms with Crippen molar-refractivity contribution in [2.75, 3.05) is 6.61 Å². The fourth-order valence-electron chi connectivity index (χ4n) is 10.3. The summed E-state index contributed by atoms with van der Waals surface area (Å²) >= 11 is 0. The number of fused-ring (bicyclic) bond motifs is 5. The molecule has 0 aromatic rings. The number of carbonyl (C=O) groups is 3. The summed E-state index contributed by atoms with van der Waals surface area (Å²) in [6, 6.07) is 0. The predicted molar refractivity (Wildman–Crippen MR) is 165 cm³/mol. The molecule has 0 bridgehead atoms. The first kappa shape index (κ1) is 33.7. The zero-order valence-corrected chi connectivity index (χ0v) is 28.4. The number of aliphatic hydroxyl groups is 2. The van der Waals surface area contributed by atoms with Crippen LogP contribution in [-0.4, -0.2) is 59.1 Å². The molecule has 0 radical (unpaired) electrons. The summed E-state index contributed by atoms with van der Waals surface area (Å²) < 4.78 is 16.7. The first-order valence-corrected chi connectivity index (χ1v) is 17.4. The Hall–Kier alpha value is -1.67. The Labute approximate surface area is 264 Å². The van der Waals surface area contributed by atoms with Crippen LogP contribution in [0.1, 0.15) is 120 Å². The van der Waals surface area contributed by atoms with Gasteiger partial charge in [0.05, 0.1) is 17.6 Å². The van der Waals surface area contributed by atoms with Crippen LogP contribution in [0.15, 0.2) is 0 Å². The summed E-state index contributed by atoms with van der Waals surface area (Å²) in [5.41, 5.74) is -1.35. The minimum absolute atomic E-state index is 0.00197. The maximum absolute atomic E-state index is 12.8. The van der Waals surface area contributed by atoms with Crippen molar-refractivity contribution in [2.24, 2.45) is 57.2 Å². The Balaban J connectivity index is 1.24. The number of ether oxygens (including phenoxy) is 3. The third-order valence-corrected chi connectivity index (χ3v) is 13.8. The van der Waals surface area contributed by atoms with Crippen LogP contribution in [0, 0.1) is 57.2 Å². The second-order valence-electron chi connectivity index (χ2n) is 17.1. The largest absolute Gasteiger partial charge is 0.462 e. The van der Waals surface area contributed by atoms with Gasteiger partial charge in [-0.2, -0.15) is 0 Å². The van der Waals surface area contributed by atoms with Gasteiger partial charge < -0.3 is 24.4 Å². The zero-order chi connectivity index (χ0) is 32.4. The van der Waals surface area contributed by atoms with Gasteiger partial charge in [0, 0.05) is 11.8 Å². The molecular weight excluding hydrogens is 560 g/mol. The highest BCUT2D eigenvalue weighted by Crippen LogP contribution is 2.68. The van der Waals surface area contributed by atoms with E-state index in [9.17, 15) is 24.6 Å². The maximum Gasteiger partial charge on any atom is 0.348 e. The molecule has 44 heavy (non-hydrogen) atoms. The van der Waals surface area contributed by atoms with E-state index in [0.29, 0.717) is 12.8 Å². The minimum atomic E-state index is -0.862. The highest BCUT2D eigenvalue weighted by Gasteiger charge is 2.66. The Kier molecular flexibility index (Phi) is 9.07. The van der Waals surface area contributed by atoms with Crippen LogP contribution in [0.3, 0.4) is 0 Å². The van der Waals surface area contributed by atoms with Gasteiger partial charge in [0.2, 0.25) is 6.10 Å². The van der Waals surface area contributed by atoms with Crippen LogP contribution < -0.4 is 0 Å². The van der Waals surface area contributed by atoms with Gasteiger partial charge in [-0.3, -0.25) is 9.59 Å². The van der Waals surface area contributed by atoms with Crippen molar-refractivity contribution in [3.63, 3.8) is 0 Å². The Morgan fingerprint density at radius 1 is 1.02 bits per heavy atom. The molecule has 2 N–H and O–H groups in total. The number of cyclic esters (lactones) is 1. The molecule has 5 aliphatic rings. The van der Waals surface area contributed by atoms with Gasteiger partial charge in [-0.1, -0.05) is 41.5 Å². The maximum atomic E-state index is 12.8. The van der Waals surface area contributed by atoms with Gasteiger partial charge in [-0.05, 0) is 118 Å². The molecule has 1 saturated heterocycles. The lowest BCUT2D eigenvalue weighted by molar-refractivity contribution is -0.210. The average Bonchev–Trinajstić information content (AvgIpc) is 3.44. The summed E-state index contributed by atoms with van der Waals surface area (Å²) in [5.74, 6) is 0.295. The van der Waals surface area contributed by atoms with Crippen molar-refractivity contribution in [1.29, 1.82) is 0 Å². The lowest BCUT2D eigenvalue weighted by atomic mass is 9.43. The molecule has 5 rings (SSSR count). The van der Waals surface area contributed by atoms with E-state index in [1.807, 2.05) is 34.6 Å². The second-order valence-corrected chi connectivity index (χ2v) is 17.1. The van der Waals surface area contributed by atoms with Crippen LogP contribution in [0.2, 0.25) is 0 Å². The molecule has 1 aliphatic heterocycles.